The maximum atomic E-state index is 12.9. The topological polar surface area (TPSA) is 501 Å². The highest BCUT2D eigenvalue weighted by Gasteiger charge is 2.30. The van der Waals surface area contributed by atoms with E-state index >= 15 is 0 Å². The first kappa shape index (κ1) is 75.5. The third kappa shape index (κ3) is 34.5. The normalized spacial score (nSPS) is 12.3. The van der Waals surface area contributed by atoms with Gasteiger partial charge in [-0.1, -0.05) is 48.6 Å². The maximum absolute atomic E-state index is 12.9. The summed E-state index contributed by atoms with van der Waals surface area (Å²) in [6, 6.07) is 10.4. The van der Waals surface area contributed by atoms with Crippen LogP contribution in [0, 0.1) is 0 Å². The Labute approximate surface area is 514 Å². The molecule has 0 aromatic heterocycles. The fourth-order valence-corrected chi connectivity index (χ4v) is 9.48. The number of thiocarbonyl (C=S) groups is 2. The van der Waals surface area contributed by atoms with Crippen molar-refractivity contribution in [3.63, 3.8) is 0 Å². The number of benzene rings is 2. The van der Waals surface area contributed by atoms with E-state index in [0.717, 1.165) is 25.2 Å². The van der Waals surface area contributed by atoms with Crippen LogP contribution in [0.15, 0.2) is 48.5 Å². The van der Waals surface area contributed by atoms with Gasteiger partial charge >= 0.3 is 59.7 Å². The quantitative estimate of drug-likeness (QED) is 0.0229. The highest BCUT2D eigenvalue weighted by atomic mass is 32.1. The van der Waals surface area contributed by atoms with E-state index in [1.54, 1.807) is 48.5 Å². The molecule has 35 heteroatoms. The number of hydrogen-bond acceptors (Lipinski definition) is 20. The van der Waals surface area contributed by atoms with E-state index in [0.29, 0.717) is 41.2 Å². The number of primary amides is 1. The second-order valence-electron chi connectivity index (χ2n) is 20.2. The molecule has 1 unspecified atom stereocenters. The first-order valence-electron chi connectivity index (χ1n) is 27.0. The highest BCUT2D eigenvalue weighted by Crippen LogP contribution is 2.17. The molecular weight excluding hydrogens is 1210 g/mol. The predicted octanol–water partition coefficient (Wildman–Crippen LogP) is -3.25. The van der Waals surface area contributed by atoms with Gasteiger partial charge in [0.2, 0.25) is 11.8 Å². The first-order valence-corrected chi connectivity index (χ1v) is 27.8. The third-order valence-corrected chi connectivity index (χ3v) is 13.3. The Morgan fingerprint density at radius 2 is 0.784 bits per heavy atom. The number of nitrogens with one attached hydrogen (secondary N) is 4. The largest absolute Gasteiger partial charge is 0.480 e. The molecule has 0 aliphatic carbocycles. The Bertz CT molecular complexity index is 2680. The molecule has 486 valence electrons. The predicted molar refractivity (Wildman–Crippen MR) is 317 cm³/mol. The van der Waals surface area contributed by atoms with Crippen molar-refractivity contribution in [1.29, 1.82) is 0 Å². The number of carbonyl (C=O) groups excluding carboxylic acids is 2. The van der Waals surface area contributed by atoms with E-state index in [4.69, 9.17) is 30.2 Å². The van der Waals surface area contributed by atoms with E-state index in [9.17, 15) is 109 Å². The summed E-state index contributed by atoms with van der Waals surface area (Å²) < 4.78 is 0. The van der Waals surface area contributed by atoms with Crippen LogP contribution >= 0.6 is 24.4 Å². The van der Waals surface area contributed by atoms with Crippen molar-refractivity contribution in [2.24, 2.45) is 5.73 Å². The summed E-state index contributed by atoms with van der Waals surface area (Å²) in [4.78, 5) is 149. The van der Waals surface area contributed by atoms with Crippen LogP contribution in [0.3, 0.4) is 0 Å². The van der Waals surface area contributed by atoms with Gasteiger partial charge in [0.15, 0.2) is 5.11 Å². The molecule has 3 atom stereocenters. The van der Waals surface area contributed by atoms with Crippen LogP contribution in [0.5, 0.6) is 0 Å². The monoisotopic (exact) mass is 1280 g/mol. The lowest BCUT2D eigenvalue weighted by Gasteiger charge is -2.34. The van der Waals surface area contributed by atoms with Crippen molar-refractivity contribution in [1.82, 2.24) is 45.3 Å². The van der Waals surface area contributed by atoms with Crippen LogP contribution in [-0.2, 0) is 76.8 Å². The Hall–Kier alpha value is -8.58. The van der Waals surface area contributed by atoms with Gasteiger partial charge in [-0.2, -0.15) is 0 Å². The summed E-state index contributed by atoms with van der Waals surface area (Å²) >= 11 is 10.9. The molecule has 88 heavy (non-hydrogen) atoms. The van der Waals surface area contributed by atoms with Crippen LogP contribution in [0.25, 0.3) is 0 Å². The number of unbranched alkanes of at least 4 members (excludes halogenated alkanes) is 1. The van der Waals surface area contributed by atoms with Gasteiger partial charge in [-0.25, -0.2) is 0 Å². The number of rotatable bonds is 48. The molecule has 0 saturated carbocycles. The van der Waals surface area contributed by atoms with Gasteiger partial charge in [-0.15, -0.1) is 0 Å². The van der Waals surface area contributed by atoms with Crippen LogP contribution < -0.4 is 27.0 Å². The lowest BCUT2D eigenvalue weighted by molar-refractivity contribution is -0.145. The van der Waals surface area contributed by atoms with Gasteiger partial charge in [0.1, 0.15) is 6.04 Å². The van der Waals surface area contributed by atoms with Crippen molar-refractivity contribution < 1.29 is 109 Å². The highest BCUT2D eigenvalue weighted by molar-refractivity contribution is 7.80. The number of carbonyl (C=O) groups is 12. The van der Waals surface area contributed by atoms with E-state index in [2.05, 4.69) is 21.3 Å². The molecule has 33 nitrogen and oxygen atoms in total. The number of nitrogens with two attached hydrogens (primary N) is 1. The third-order valence-electron chi connectivity index (χ3n) is 12.8. The molecule has 0 saturated heterocycles. The van der Waals surface area contributed by atoms with Crippen LogP contribution in [0.1, 0.15) is 36.0 Å². The SMILES string of the molecule is NC(=O)C(CCCCNC(=S)Cc1ccc(C[C@@H](CN(CCN(CC(=O)O)CC(=O)O)CC(=O)O)N(CC(=O)O)CC(=O)O)cc1)NC(=O)CNC(=S)Nc1ccc(C[C@@H](CN(CCN(CC(=O)O)CC(=O)O)CC(=O)O)N(CC(=O)O)CC(=O)O)cc1. The molecule has 16 N–H and O–H groups in total. The summed E-state index contributed by atoms with van der Waals surface area (Å²) in [7, 11) is 0. The molecule has 2 aromatic rings. The Morgan fingerprint density at radius 3 is 1.15 bits per heavy atom. The fourth-order valence-electron chi connectivity index (χ4n) is 9.03. The van der Waals surface area contributed by atoms with Crippen molar-refractivity contribution in [3.05, 3.63) is 65.2 Å². The number of aliphatic carboxylic acids is 10. The maximum Gasteiger partial charge on any atom is 0.317 e. The Kier molecular flexibility index (Phi) is 34.3. The van der Waals surface area contributed by atoms with Gasteiger partial charge in [0.05, 0.1) is 77.0 Å². The Balaban J connectivity index is 2.01. The molecule has 0 radical (unpaired) electrons. The first-order chi connectivity index (χ1) is 41.3. The van der Waals surface area contributed by atoms with Gasteiger partial charge in [-0.3, -0.25) is 86.9 Å². The van der Waals surface area contributed by atoms with Crippen LogP contribution in [-0.4, -0.2) is 298 Å². The van der Waals surface area contributed by atoms with Crippen LogP contribution in [0.4, 0.5) is 5.69 Å². The minimum absolute atomic E-state index is 0.00524. The Morgan fingerprint density at radius 1 is 0.443 bits per heavy atom. The van der Waals surface area contributed by atoms with E-state index in [1.807, 2.05) is 0 Å². The molecule has 0 spiro atoms. The minimum Gasteiger partial charge on any atom is -0.480 e. The fraction of sp³-hybridized carbons (Fsp3) is 0.509. The summed E-state index contributed by atoms with van der Waals surface area (Å²) in [5, 5.41) is 106. The number of carboxylic acids is 10. The number of nitrogens with zero attached hydrogens (tertiary/aromatic N) is 6. The average Bonchev–Trinajstić information content (AvgIpc) is 3.61. The standard InChI is InChI=1S/C53H75N11O22S2/c54-52(86)39(3-1-2-12-55-41(87)19-35-6-4-33(5-7-35)17-37(63(29-48(78)79)30-49(80)81)21-59(23-42(66)67)13-15-61(25-44(70)71)26-45(72)73)58-40(65)20-56-53(88)57-36-10-8-34(9-11-36)18-38(64(31-50(82)83)32-51(84)85)22-60(24-43(68)69)14-16-62(27-46(74)75)28-47(76)77/h4-11,37-39H,1-3,12-32H2,(H2,54,86)(H,55,87)(H,58,65)(H,66,67)(H,68,69)(H,70,71)(H,72,73)(H,74,75)(H,76,77)(H,78,79)(H,80,81)(H,82,83)(H,84,85)(H2,56,57,88)/t37-,38-,39?/m0/s1. The molecule has 2 rings (SSSR count). The summed E-state index contributed by atoms with van der Waals surface area (Å²) in [5.74, 6) is -14.7. The lowest BCUT2D eigenvalue weighted by atomic mass is 10.0. The van der Waals surface area contributed by atoms with E-state index in [-0.39, 0.29) is 76.6 Å². The van der Waals surface area contributed by atoms with Crippen molar-refractivity contribution in [3.8, 4) is 0 Å². The zero-order chi connectivity index (χ0) is 66.0. The molecule has 0 aliphatic rings. The van der Waals surface area contributed by atoms with Gasteiger partial charge < -0.3 is 78.1 Å². The second kappa shape index (κ2) is 40.0. The molecule has 2 amide bonds. The zero-order valence-electron chi connectivity index (χ0n) is 47.8. The summed E-state index contributed by atoms with van der Waals surface area (Å²) in [6.45, 7) is -7.90. The molecule has 0 fully saturated rings. The number of carboxylic acid groups (broad SMARTS) is 10. The van der Waals surface area contributed by atoms with Crippen molar-refractivity contribution >= 4 is 112 Å². The second-order valence-corrected chi connectivity index (χ2v) is 21.1. The average molecular weight is 1280 g/mol. The smallest absolute Gasteiger partial charge is 0.317 e. The van der Waals surface area contributed by atoms with E-state index < -0.39 is 155 Å². The van der Waals surface area contributed by atoms with Gasteiger partial charge in [0.25, 0.3) is 0 Å². The molecular formula is C53H75N11O22S2. The minimum atomic E-state index is -1.37. The molecule has 0 heterocycles. The number of hydrogen-bond donors (Lipinski definition) is 15. The number of anilines is 1. The van der Waals surface area contributed by atoms with E-state index in [1.165, 1.54) is 9.80 Å². The number of amides is 2. The van der Waals surface area contributed by atoms with Crippen molar-refractivity contribution in [2.45, 2.75) is 56.7 Å². The molecule has 2 aromatic carbocycles. The van der Waals surface area contributed by atoms with Gasteiger partial charge in [0, 0.05) is 70.0 Å². The van der Waals surface area contributed by atoms with Crippen molar-refractivity contribution in [2.75, 3.05) is 123 Å². The lowest BCUT2D eigenvalue weighted by Crippen LogP contribution is -2.51. The molecule has 0 aliphatic heterocycles. The zero-order valence-corrected chi connectivity index (χ0v) is 49.4. The van der Waals surface area contributed by atoms with Crippen LogP contribution in [0.2, 0.25) is 0 Å². The van der Waals surface area contributed by atoms with Gasteiger partial charge in [-0.05, 0) is 73.1 Å². The molecule has 0 bridgehead atoms. The summed E-state index contributed by atoms with van der Waals surface area (Å²) in [5.41, 5.74) is 7.94. The summed E-state index contributed by atoms with van der Waals surface area (Å²) in [6.07, 6.45) is 1.44.